The summed E-state index contributed by atoms with van der Waals surface area (Å²) < 4.78 is 76.7. The molecule has 176 valence electrons. The average molecular weight is 466 g/mol. The quantitative estimate of drug-likeness (QED) is 0.258. The van der Waals surface area contributed by atoms with Crippen molar-refractivity contribution in [1.82, 2.24) is 0 Å². The number of fused-ring (bicyclic) bond motifs is 1. The fraction of sp³-hybridized carbons (Fsp3) is 0.526. The second-order valence-corrected chi connectivity index (χ2v) is 7.44. The van der Waals surface area contributed by atoms with Gasteiger partial charge in [0.05, 0.1) is 19.3 Å². The van der Waals surface area contributed by atoms with Crippen LogP contribution in [0.1, 0.15) is 48.5 Å². The van der Waals surface area contributed by atoms with Gasteiger partial charge in [0.1, 0.15) is 17.1 Å². The first-order chi connectivity index (χ1) is 14.7. The standard InChI is InChI=1S/C19H20BF5O7/c1-18(21,22)9-13(26)8-12-7-11-3-2-4-14(16(11)32-20(12)29)17(28)31-10-30-15(27)5-6-19(23,24)25/h2-4,12,29H,5-10H2,1H3/t12-/m1/s1. The van der Waals surface area contributed by atoms with Gasteiger partial charge < -0.3 is 19.2 Å². The maximum absolute atomic E-state index is 13.0. The Morgan fingerprint density at radius 3 is 2.50 bits per heavy atom. The lowest BCUT2D eigenvalue weighted by Crippen LogP contribution is -2.36. The minimum absolute atomic E-state index is 0.0575. The van der Waals surface area contributed by atoms with Gasteiger partial charge in [0.25, 0.3) is 5.92 Å². The number of halogens is 5. The van der Waals surface area contributed by atoms with Crippen LogP contribution in [0.25, 0.3) is 0 Å². The molecule has 32 heavy (non-hydrogen) atoms. The molecule has 1 N–H and O–H groups in total. The molecule has 1 aliphatic rings. The predicted molar refractivity (Wildman–Crippen MR) is 99.0 cm³/mol. The first-order valence-corrected chi connectivity index (χ1v) is 9.51. The third-order valence-electron chi connectivity index (χ3n) is 4.46. The zero-order chi connectivity index (χ0) is 24.1. The van der Waals surface area contributed by atoms with Crippen LogP contribution in [-0.2, 0) is 25.5 Å². The summed E-state index contributed by atoms with van der Waals surface area (Å²) >= 11 is 0. The summed E-state index contributed by atoms with van der Waals surface area (Å²) in [6, 6.07) is 4.27. The zero-order valence-corrected chi connectivity index (χ0v) is 16.9. The molecule has 0 radical (unpaired) electrons. The van der Waals surface area contributed by atoms with Gasteiger partial charge in [-0.1, -0.05) is 12.1 Å². The van der Waals surface area contributed by atoms with Crippen LogP contribution in [0.4, 0.5) is 22.0 Å². The number of ether oxygens (including phenoxy) is 2. The molecule has 0 amide bonds. The first-order valence-electron chi connectivity index (χ1n) is 9.51. The summed E-state index contributed by atoms with van der Waals surface area (Å²) in [4.78, 5) is 35.3. The second-order valence-electron chi connectivity index (χ2n) is 7.44. The Balaban J connectivity index is 1.96. The van der Waals surface area contributed by atoms with Gasteiger partial charge in [0.15, 0.2) is 0 Å². The Kier molecular flexibility index (Phi) is 8.21. The fourth-order valence-electron chi connectivity index (χ4n) is 3.07. The molecular weight excluding hydrogens is 446 g/mol. The van der Waals surface area contributed by atoms with Crippen molar-refractivity contribution in [3.05, 3.63) is 29.3 Å². The number of hydrogen-bond acceptors (Lipinski definition) is 7. The number of ketones is 1. The topological polar surface area (TPSA) is 99.1 Å². The normalized spacial score (nSPS) is 16.1. The summed E-state index contributed by atoms with van der Waals surface area (Å²) in [6.45, 7) is -0.316. The maximum atomic E-state index is 13.0. The largest absolute Gasteiger partial charge is 0.535 e. The lowest BCUT2D eigenvalue weighted by atomic mass is 9.64. The summed E-state index contributed by atoms with van der Waals surface area (Å²) in [7, 11) is -1.55. The van der Waals surface area contributed by atoms with E-state index in [4.69, 9.17) is 9.39 Å². The highest BCUT2D eigenvalue weighted by molar-refractivity contribution is 6.47. The number of rotatable bonds is 9. The minimum atomic E-state index is -4.53. The van der Waals surface area contributed by atoms with E-state index in [9.17, 15) is 41.4 Å². The van der Waals surface area contributed by atoms with Crippen molar-refractivity contribution in [2.75, 3.05) is 6.79 Å². The van der Waals surface area contributed by atoms with Crippen molar-refractivity contribution in [2.24, 2.45) is 0 Å². The van der Waals surface area contributed by atoms with Gasteiger partial charge in [-0.2, -0.15) is 13.2 Å². The molecule has 1 aromatic carbocycles. The number of Topliss-reactive ketones (excluding diaryl/α,β-unsaturated/α-hetero) is 1. The van der Waals surface area contributed by atoms with Crippen LogP contribution >= 0.6 is 0 Å². The highest BCUT2D eigenvalue weighted by Crippen LogP contribution is 2.37. The third kappa shape index (κ3) is 8.10. The molecule has 0 spiro atoms. The van der Waals surface area contributed by atoms with Crippen LogP contribution < -0.4 is 4.65 Å². The molecule has 1 aliphatic heterocycles. The number of alkyl halides is 5. The second kappa shape index (κ2) is 10.3. The Hall–Kier alpha value is -2.70. The Bertz CT molecular complexity index is 853. The van der Waals surface area contributed by atoms with E-state index in [1.165, 1.54) is 12.1 Å². The molecule has 7 nitrogen and oxygen atoms in total. The SMILES string of the molecule is CC(F)(F)CC(=O)C[C@H]1Cc2cccc(C(=O)OCOC(=O)CCC(F)(F)F)c2OB1O. The molecule has 1 heterocycles. The Morgan fingerprint density at radius 1 is 1.19 bits per heavy atom. The number of para-hydroxylation sites is 1. The highest BCUT2D eigenvalue weighted by Gasteiger charge is 2.39. The molecule has 1 aromatic rings. The van der Waals surface area contributed by atoms with Crippen LogP contribution in [0.5, 0.6) is 5.75 Å². The summed E-state index contributed by atoms with van der Waals surface area (Å²) in [5.41, 5.74) is 0.255. The van der Waals surface area contributed by atoms with Gasteiger partial charge in [-0.15, -0.1) is 0 Å². The molecule has 0 fully saturated rings. The van der Waals surface area contributed by atoms with Crippen molar-refractivity contribution in [1.29, 1.82) is 0 Å². The van der Waals surface area contributed by atoms with E-state index in [0.29, 0.717) is 12.5 Å². The summed E-state index contributed by atoms with van der Waals surface area (Å²) in [5, 5.41) is 10.2. The van der Waals surface area contributed by atoms with Crippen molar-refractivity contribution in [3.63, 3.8) is 0 Å². The average Bonchev–Trinajstić information content (AvgIpc) is 2.64. The molecule has 2 rings (SSSR count). The molecule has 0 aromatic heterocycles. The monoisotopic (exact) mass is 466 g/mol. The van der Waals surface area contributed by atoms with Crippen LogP contribution in [0.2, 0.25) is 5.82 Å². The van der Waals surface area contributed by atoms with E-state index in [1.54, 1.807) is 6.07 Å². The first kappa shape index (κ1) is 25.6. The molecule has 0 bridgehead atoms. The maximum Gasteiger partial charge on any atom is 0.526 e. The van der Waals surface area contributed by atoms with E-state index in [-0.39, 0.29) is 24.2 Å². The lowest BCUT2D eigenvalue weighted by molar-refractivity contribution is -0.163. The molecule has 1 atom stereocenters. The molecule has 0 unspecified atom stereocenters. The van der Waals surface area contributed by atoms with E-state index in [1.807, 2.05) is 0 Å². The Labute approximate surface area is 180 Å². The van der Waals surface area contributed by atoms with E-state index >= 15 is 0 Å². The van der Waals surface area contributed by atoms with Gasteiger partial charge in [-0.05, 0) is 25.0 Å². The van der Waals surface area contributed by atoms with Crippen molar-refractivity contribution in [3.8, 4) is 5.75 Å². The number of carbonyl (C=O) groups excluding carboxylic acids is 3. The van der Waals surface area contributed by atoms with E-state index in [2.05, 4.69) is 4.74 Å². The lowest BCUT2D eigenvalue weighted by Gasteiger charge is -2.28. The minimum Gasteiger partial charge on any atom is -0.535 e. The number of hydrogen-bond donors (Lipinski definition) is 1. The third-order valence-corrected chi connectivity index (χ3v) is 4.46. The zero-order valence-electron chi connectivity index (χ0n) is 16.9. The van der Waals surface area contributed by atoms with Gasteiger partial charge in [0, 0.05) is 12.2 Å². The number of esters is 2. The predicted octanol–water partition coefficient (Wildman–Crippen LogP) is 3.48. The van der Waals surface area contributed by atoms with E-state index < -0.39 is 68.8 Å². The Morgan fingerprint density at radius 2 is 1.88 bits per heavy atom. The van der Waals surface area contributed by atoms with Gasteiger partial charge in [-0.25, -0.2) is 13.6 Å². The van der Waals surface area contributed by atoms with Crippen molar-refractivity contribution < 1.29 is 55.5 Å². The van der Waals surface area contributed by atoms with Crippen LogP contribution in [0.3, 0.4) is 0 Å². The molecule has 0 saturated carbocycles. The smallest absolute Gasteiger partial charge is 0.526 e. The molecule has 13 heteroatoms. The van der Waals surface area contributed by atoms with Gasteiger partial charge in [0.2, 0.25) is 6.79 Å². The molecular formula is C19H20BF5O7. The van der Waals surface area contributed by atoms with Crippen LogP contribution in [0.15, 0.2) is 18.2 Å². The summed E-state index contributed by atoms with van der Waals surface area (Å²) in [5.74, 6) is -7.03. The molecule has 0 aliphatic carbocycles. The number of carbonyl (C=O) groups is 3. The van der Waals surface area contributed by atoms with Gasteiger partial charge >= 0.3 is 25.2 Å². The van der Waals surface area contributed by atoms with Crippen LogP contribution in [-0.4, -0.2) is 48.8 Å². The van der Waals surface area contributed by atoms with E-state index in [0.717, 1.165) is 0 Å². The van der Waals surface area contributed by atoms with Crippen molar-refractivity contribution >= 4 is 24.8 Å². The van der Waals surface area contributed by atoms with Gasteiger partial charge in [-0.3, -0.25) is 9.59 Å². The summed E-state index contributed by atoms with van der Waals surface area (Å²) in [6.07, 6.45) is -8.11. The fourth-order valence-corrected chi connectivity index (χ4v) is 3.07. The highest BCUT2D eigenvalue weighted by atomic mass is 19.4. The van der Waals surface area contributed by atoms with Crippen molar-refractivity contribution in [2.45, 2.75) is 56.9 Å². The molecule has 0 saturated heterocycles. The number of benzene rings is 1. The van der Waals surface area contributed by atoms with Crippen LogP contribution in [0, 0.1) is 0 Å².